The molecule has 0 spiro atoms. The van der Waals surface area contributed by atoms with Crippen LogP contribution in [0.15, 0.2) is 47.6 Å². The van der Waals surface area contributed by atoms with E-state index in [-0.39, 0.29) is 17.9 Å². The third-order valence-corrected chi connectivity index (χ3v) is 5.80. The molecule has 1 saturated carbocycles. The number of carbonyl (C=O) groups excluding carboxylic acids is 1. The van der Waals surface area contributed by atoms with Gasteiger partial charge in [0.25, 0.3) is 5.91 Å². The average molecular weight is 390 g/mol. The fraction of sp³-hybridized carbons (Fsp3) is 0.440. The van der Waals surface area contributed by atoms with Gasteiger partial charge in [0, 0.05) is 5.56 Å². The average Bonchev–Trinajstić information content (AvgIpc) is 3.24. The van der Waals surface area contributed by atoms with Gasteiger partial charge in [0.15, 0.2) is 6.61 Å². The Morgan fingerprint density at radius 1 is 1.14 bits per heavy atom. The van der Waals surface area contributed by atoms with E-state index in [1.165, 1.54) is 36.8 Å². The zero-order valence-corrected chi connectivity index (χ0v) is 17.6. The second-order valence-corrected chi connectivity index (χ2v) is 9.03. The lowest BCUT2D eigenvalue weighted by Crippen LogP contribution is -2.37. The first-order chi connectivity index (χ1) is 13.9. The van der Waals surface area contributed by atoms with Gasteiger partial charge in [-0.25, -0.2) is 5.01 Å². The molecule has 1 fully saturated rings. The number of carbonyl (C=O) groups is 1. The molecule has 0 N–H and O–H groups in total. The molecule has 4 nitrogen and oxygen atoms in total. The van der Waals surface area contributed by atoms with Crippen molar-refractivity contribution in [3.05, 3.63) is 70.8 Å². The summed E-state index contributed by atoms with van der Waals surface area (Å²) in [5.74, 6) is 0.966. The fourth-order valence-electron chi connectivity index (χ4n) is 4.52. The maximum Gasteiger partial charge on any atom is 0.281 e. The Morgan fingerprint density at radius 2 is 1.86 bits per heavy atom. The highest BCUT2D eigenvalue weighted by Gasteiger charge is 2.30. The number of hydrogen-bond donors (Lipinski definition) is 0. The molecular weight excluding hydrogens is 360 g/mol. The van der Waals surface area contributed by atoms with Gasteiger partial charge in [0.2, 0.25) is 5.90 Å². The van der Waals surface area contributed by atoms with Gasteiger partial charge in [-0.2, -0.15) is 0 Å². The Labute approximate surface area is 173 Å². The number of hydrogen-bond acceptors (Lipinski definition) is 3. The summed E-state index contributed by atoms with van der Waals surface area (Å²) in [4.78, 5) is 12.6. The van der Waals surface area contributed by atoms with Crippen LogP contribution in [-0.4, -0.2) is 23.4 Å². The summed E-state index contributed by atoms with van der Waals surface area (Å²) in [5, 5.41) is 6.11. The fourth-order valence-corrected chi connectivity index (χ4v) is 4.52. The predicted molar refractivity (Wildman–Crippen MR) is 115 cm³/mol. The van der Waals surface area contributed by atoms with Crippen LogP contribution in [0.25, 0.3) is 0 Å². The maximum atomic E-state index is 12.6. The van der Waals surface area contributed by atoms with Crippen LogP contribution in [0.1, 0.15) is 74.6 Å². The second kappa shape index (κ2) is 8.02. The van der Waals surface area contributed by atoms with E-state index in [1.54, 1.807) is 5.01 Å². The quantitative estimate of drug-likeness (QED) is 0.724. The third-order valence-electron chi connectivity index (χ3n) is 5.80. The van der Waals surface area contributed by atoms with Gasteiger partial charge in [0.1, 0.15) is 0 Å². The number of nitrogens with zero attached hydrogens (tertiary/aromatic N) is 2. The van der Waals surface area contributed by atoms with Gasteiger partial charge in [-0.1, -0.05) is 63.9 Å². The summed E-state index contributed by atoms with van der Waals surface area (Å²) in [6, 6.07) is 17.4. The van der Waals surface area contributed by atoms with Crippen LogP contribution >= 0.6 is 0 Å². The molecule has 0 atom stereocenters. The summed E-state index contributed by atoms with van der Waals surface area (Å²) >= 11 is 0. The Bertz CT molecular complexity index is 906. The van der Waals surface area contributed by atoms with E-state index in [0.717, 1.165) is 11.1 Å². The van der Waals surface area contributed by atoms with Crippen molar-refractivity contribution in [1.29, 1.82) is 0 Å². The third kappa shape index (κ3) is 4.21. The molecule has 0 bridgehead atoms. The molecular formula is C25H29N2O2. The van der Waals surface area contributed by atoms with Crippen molar-refractivity contribution in [2.75, 3.05) is 6.61 Å². The normalized spacial score (nSPS) is 18.0. The molecule has 4 heteroatoms. The molecule has 1 heterocycles. The van der Waals surface area contributed by atoms with Crippen molar-refractivity contribution in [3.63, 3.8) is 0 Å². The molecule has 1 aliphatic carbocycles. The van der Waals surface area contributed by atoms with Crippen molar-refractivity contribution in [1.82, 2.24) is 5.01 Å². The number of rotatable bonds is 4. The topological polar surface area (TPSA) is 41.9 Å². The maximum absolute atomic E-state index is 12.6. The van der Waals surface area contributed by atoms with Crippen LogP contribution in [0.5, 0.6) is 0 Å². The summed E-state index contributed by atoms with van der Waals surface area (Å²) in [5.41, 5.74) is 4.67. The first-order valence-electron chi connectivity index (χ1n) is 10.5. The van der Waals surface area contributed by atoms with E-state index in [4.69, 9.17) is 4.74 Å². The highest BCUT2D eigenvalue weighted by atomic mass is 16.5. The molecule has 2 aromatic rings. The lowest BCUT2D eigenvalue weighted by atomic mass is 9.77. The summed E-state index contributed by atoms with van der Waals surface area (Å²) in [7, 11) is 0. The molecule has 151 valence electrons. The number of hydrazone groups is 1. The molecule has 0 saturated heterocycles. The minimum absolute atomic E-state index is 0.0209. The lowest BCUT2D eigenvalue weighted by Gasteiger charge is -2.31. The Balaban J connectivity index is 1.69. The van der Waals surface area contributed by atoms with Gasteiger partial charge in [-0.15, -0.1) is 5.10 Å². The van der Waals surface area contributed by atoms with E-state index in [9.17, 15) is 4.79 Å². The molecule has 2 aromatic carbocycles. The molecule has 2 aliphatic rings. The first kappa shape index (κ1) is 19.7. The highest BCUT2D eigenvalue weighted by Crippen LogP contribution is 2.41. The Morgan fingerprint density at radius 3 is 2.55 bits per heavy atom. The van der Waals surface area contributed by atoms with Crippen molar-refractivity contribution in [3.8, 4) is 0 Å². The van der Waals surface area contributed by atoms with Crippen LogP contribution in [0.3, 0.4) is 0 Å². The summed E-state index contributed by atoms with van der Waals surface area (Å²) in [6.07, 6.45) is 5.05. The van der Waals surface area contributed by atoms with Crippen LogP contribution < -0.4 is 0 Å². The van der Waals surface area contributed by atoms with Gasteiger partial charge >= 0.3 is 0 Å². The zero-order chi connectivity index (χ0) is 20.4. The number of amides is 1. The van der Waals surface area contributed by atoms with E-state index in [1.807, 2.05) is 36.4 Å². The van der Waals surface area contributed by atoms with Gasteiger partial charge < -0.3 is 4.74 Å². The molecule has 0 unspecified atom stereocenters. The van der Waals surface area contributed by atoms with E-state index in [0.29, 0.717) is 18.4 Å². The molecule has 29 heavy (non-hydrogen) atoms. The highest BCUT2D eigenvalue weighted by molar-refractivity contribution is 5.97. The largest absolute Gasteiger partial charge is 0.466 e. The Hall–Kier alpha value is -2.62. The van der Waals surface area contributed by atoms with Crippen molar-refractivity contribution >= 4 is 11.8 Å². The summed E-state index contributed by atoms with van der Waals surface area (Å²) in [6.45, 7) is 7.22. The van der Waals surface area contributed by atoms with Gasteiger partial charge in [-0.05, 0) is 59.1 Å². The van der Waals surface area contributed by atoms with E-state index < -0.39 is 0 Å². The van der Waals surface area contributed by atoms with E-state index >= 15 is 0 Å². The van der Waals surface area contributed by atoms with Gasteiger partial charge in [0.05, 0.1) is 6.54 Å². The molecule has 1 aliphatic heterocycles. The van der Waals surface area contributed by atoms with Crippen LogP contribution in [0, 0.1) is 6.07 Å². The predicted octanol–water partition coefficient (Wildman–Crippen LogP) is 5.16. The number of benzene rings is 2. The smallest absolute Gasteiger partial charge is 0.281 e. The van der Waals surface area contributed by atoms with Crippen LogP contribution in [0.2, 0.25) is 0 Å². The standard InChI is InChI=1S/C25H29N2O2/c1-25(2,3)23-20(14-9-15-21(23)18-10-7-8-11-18)16-27-22(28)17-29-24(26-27)19-12-5-4-6-13-19/h4-6,9,12-14,18H,7-8,10-11,16-17H2,1-3H3. The molecule has 0 aromatic heterocycles. The number of ether oxygens (including phenoxy) is 1. The first-order valence-corrected chi connectivity index (χ1v) is 10.5. The summed E-state index contributed by atoms with van der Waals surface area (Å²) < 4.78 is 5.60. The monoisotopic (exact) mass is 389 g/mol. The second-order valence-electron chi connectivity index (χ2n) is 9.03. The molecule has 1 amide bonds. The molecule has 1 radical (unpaired) electrons. The van der Waals surface area contributed by atoms with Crippen LogP contribution in [-0.2, 0) is 21.5 Å². The minimum Gasteiger partial charge on any atom is -0.466 e. The zero-order valence-electron chi connectivity index (χ0n) is 17.6. The van der Waals surface area contributed by atoms with Crippen molar-refractivity contribution in [2.24, 2.45) is 5.10 Å². The van der Waals surface area contributed by atoms with E-state index in [2.05, 4.69) is 38.0 Å². The van der Waals surface area contributed by atoms with Crippen LogP contribution in [0.4, 0.5) is 0 Å². The van der Waals surface area contributed by atoms with Crippen molar-refractivity contribution < 1.29 is 9.53 Å². The molecule has 4 rings (SSSR count). The van der Waals surface area contributed by atoms with Crippen molar-refractivity contribution in [2.45, 2.75) is 64.3 Å². The SMILES string of the molecule is CC(C)(C)c1c(C2CCCC2)[c]ccc1CN1N=C(c2ccccc2)OCC1=O. The lowest BCUT2D eigenvalue weighted by molar-refractivity contribution is -0.136. The van der Waals surface area contributed by atoms with Gasteiger partial charge in [-0.3, -0.25) is 4.79 Å². The minimum atomic E-state index is -0.111. The Kier molecular flexibility index (Phi) is 5.44.